The number of rotatable bonds is 8. The Morgan fingerprint density at radius 1 is 1.44 bits per heavy atom. The number of nitrogens with zero attached hydrogens (tertiary/aromatic N) is 1. The molecule has 1 heterocycles. The number of halogens is 1. The van der Waals surface area contributed by atoms with Crippen LogP contribution in [0.25, 0.3) is 0 Å². The van der Waals surface area contributed by atoms with Crippen LogP contribution in [-0.2, 0) is 20.9 Å². The van der Waals surface area contributed by atoms with Gasteiger partial charge in [-0.1, -0.05) is 18.2 Å². The Hall–Kier alpha value is -1.99. The SMILES string of the molecule is CC(C)OCCNC(=O)C[C@@H]1C(=O)NCCN1Cc1ccccc1F. The molecule has 1 aromatic carbocycles. The maximum atomic E-state index is 13.9. The standard InChI is InChI=1S/C18H26FN3O3/c1-13(2)25-10-8-20-17(23)11-16-18(24)21-7-9-22(16)12-14-5-3-4-6-15(14)19/h3-6,13,16H,7-12H2,1-2H3,(H,20,23)(H,21,24)/t16-/m1/s1. The van der Waals surface area contributed by atoms with E-state index in [0.717, 1.165) is 0 Å². The zero-order valence-electron chi connectivity index (χ0n) is 14.8. The summed E-state index contributed by atoms with van der Waals surface area (Å²) in [5, 5.41) is 5.53. The molecule has 0 aliphatic carbocycles. The molecule has 0 unspecified atom stereocenters. The fourth-order valence-electron chi connectivity index (χ4n) is 2.75. The number of amides is 2. The zero-order chi connectivity index (χ0) is 18.2. The molecule has 0 bridgehead atoms. The first-order chi connectivity index (χ1) is 12.0. The van der Waals surface area contributed by atoms with Gasteiger partial charge in [0.25, 0.3) is 0 Å². The minimum atomic E-state index is -0.598. The molecule has 0 saturated carbocycles. The van der Waals surface area contributed by atoms with Gasteiger partial charge in [0, 0.05) is 31.7 Å². The lowest BCUT2D eigenvalue weighted by atomic mass is 10.1. The molecule has 1 fully saturated rings. The van der Waals surface area contributed by atoms with Gasteiger partial charge >= 0.3 is 0 Å². The molecule has 1 saturated heterocycles. The third-order valence-corrected chi connectivity index (χ3v) is 4.03. The second-order valence-electron chi connectivity index (χ2n) is 6.34. The molecule has 1 aliphatic rings. The maximum absolute atomic E-state index is 13.9. The molecule has 0 spiro atoms. The summed E-state index contributed by atoms with van der Waals surface area (Å²) in [6, 6.07) is 5.89. The average molecular weight is 351 g/mol. The minimum Gasteiger partial charge on any atom is -0.377 e. The number of hydrogen-bond acceptors (Lipinski definition) is 4. The minimum absolute atomic E-state index is 0.0436. The molecular formula is C18H26FN3O3. The summed E-state index contributed by atoms with van der Waals surface area (Å²) in [6.45, 7) is 6.05. The average Bonchev–Trinajstić information content (AvgIpc) is 2.56. The van der Waals surface area contributed by atoms with E-state index in [1.165, 1.54) is 6.07 Å². The van der Waals surface area contributed by atoms with Gasteiger partial charge in [-0.25, -0.2) is 4.39 Å². The number of carbonyl (C=O) groups excluding carboxylic acids is 2. The van der Waals surface area contributed by atoms with Gasteiger partial charge in [-0.15, -0.1) is 0 Å². The summed E-state index contributed by atoms with van der Waals surface area (Å²) >= 11 is 0. The fraction of sp³-hybridized carbons (Fsp3) is 0.556. The van der Waals surface area contributed by atoms with Gasteiger partial charge in [0.05, 0.1) is 25.2 Å². The number of nitrogens with one attached hydrogen (secondary N) is 2. The van der Waals surface area contributed by atoms with Crippen molar-refractivity contribution in [1.29, 1.82) is 0 Å². The highest BCUT2D eigenvalue weighted by molar-refractivity contribution is 5.88. The summed E-state index contributed by atoms with van der Waals surface area (Å²) in [6.07, 6.45) is 0.152. The molecule has 0 aromatic heterocycles. The van der Waals surface area contributed by atoms with Crippen LogP contribution in [0.3, 0.4) is 0 Å². The summed E-state index contributed by atoms with van der Waals surface area (Å²) in [4.78, 5) is 26.2. The fourth-order valence-corrected chi connectivity index (χ4v) is 2.75. The summed E-state index contributed by atoms with van der Waals surface area (Å²) < 4.78 is 19.3. The number of hydrogen-bond donors (Lipinski definition) is 2. The lowest BCUT2D eigenvalue weighted by Crippen LogP contribution is -2.56. The number of ether oxygens (including phenoxy) is 1. The summed E-state index contributed by atoms with van der Waals surface area (Å²) in [5.41, 5.74) is 0.521. The maximum Gasteiger partial charge on any atom is 0.237 e. The zero-order valence-corrected chi connectivity index (χ0v) is 14.8. The van der Waals surface area contributed by atoms with Crippen LogP contribution in [0.2, 0.25) is 0 Å². The molecule has 2 rings (SSSR count). The van der Waals surface area contributed by atoms with E-state index >= 15 is 0 Å². The molecular weight excluding hydrogens is 325 g/mol. The monoisotopic (exact) mass is 351 g/mol. The van der Waals surface area contributed by atoms with Crippen LogP contribution in [-0.4, -0.2) is 55.1 Å². The normalized spacial score (nSPS) is 18.2. The Morgan fingerprint density at radius 3 is 2.92 bits per heavy atom. The number of piperazine rings is 1. The van der Waals surface area contributed by atoms with Crippen molar-refractivity contribution < 1.29 is 18.7 Å². The molecule has 1 atom stereocenters. The topological polar surface area (TPSA) is 70.7 Å². The van der Waals surface area contributed by atoms with E-state index in [2.05, 4.69) is 10.6 Å². The van der Waals surface area contributed by atoms with Gasteiger partial charge < -0.3 is 15.4 Å². The van der Waals surface area contributed by atoms with Crippen molar-refractivity contribution in [3.8, 4) is 0 Å². The van der Waals surface area contributed by atoms with Crippen molar-refractivity contribution in [1.82, 2.24) is 15.5 Å². The molecule has 2 amide bonds. The molecule has 6 nitrogen and oxygen atoms in total. The smallest absolute Gasteiger partial charge is 0.237 e. The van der Waals surface area contributed by atoms with Crippen molar-refractivity contribution in [2.75, 3.05) is 26.2 Å². The first kappa shape index (κ1) is 19.3. The Kier molecular flexibility index (Phi) is 7.33. The third-order valence-electron chi connectivity index (χ3n) is 4.03. The van der Waals surface area contributed by atoms with E-state index in [0.29, 0.717) is 38.3 Å². The predicted octanol–water partition coefficient (Wildman–Crippen LogP) is 1.06. The first-order valence-corrected chi connectivity index (χ1v) is 8.61. The van der Waals surface area contributed by atoms with Gasteiger partial charge in [-0.05, 0) is 19.9 Å². The van der Waals surface area contributed by atoms with E-state index < -0.39 is 6.04 Å². The Morgan fingerprint density at radius 2 is 2.20 bits per heavy atom. The Bertz CT molecular complexity index is 595. The molecule has 7 heteroatoms. The molecule has 1 aromatic rings. The van der Waals surface area contributed by atoms with E-state index in [1.54, 1.807) is 18.2 Å². The van der Waals surface area contributed by atoms with Crippen LogP contribution in [0, 0.1) is 5.82 Å². The van der Waals surface area contributed by atoms with Gasteiger partial charge in [0.1, 0.15) is 5.82 Å². The largest absolute Gasteiger partial charge is 0.377 e. The van der Waals surface area contributed by atoms with Crippen LogP contribution in [0.1, 0.15) is 25.8 Å². The van der Waals surface area contributed by atoms with Gasteiger partial charge in [0.15, 0.2) is 0 Å². The summed E-state index contributed by atoms with van der Waals surface area (Å²) in [7, 11) is 0. The number of benzene rings is 1. The van der Waals surface area contributed by atoms with Gasteiger partial charge in [-0.2, -0.15) is 0 Å². The van der Waals surface area contributed by atoms with E-state index in [9.17, 15) is 14.0 Å². The quantitative estimate of drug-likeness (QED) is 0.687. The van der Waals surface area contributed by atoms with Crippen molar-refractivity contribution in [2.24, 2.45) is 0 Å². The Labute approximate surface area is 147 Å². The first-order valence-electron chi connectivity index (χ1n) is 8.61. The van der Waals surface area contributed by atoms with Gasteiger partial charge in [0.2, 0.25) is 11.8 Å². The van der Waals surface area contributed by atoms with E-state index in [1.807, 2.05) is 18.7 Å². The molecule has 0 radical (unpaired) electrons. The van der Waals surface area contributed by atoms with E-state index in [-0.39, 0.29) is 30.2 Å². The lowest BCUT2D eigenvalue weighted by Gasteiger charge is -2.34. The van der Waals surface area contributed by atoms with Crippen molar-refractivity contribution in [2.45, 2.75) is 39.0 Å². The van der Waals surface area contributed by atoms with Crippen LogP contribution < -0.4 is 10.6 Å². The number of carbonyl (C=O) groups is 2. The van der Waals surface area contributed by atoms with Crippen molar-refractivity contribution in [3.05, 3.63) is 35.6 Å². The second kappa shape index (κ2) is 9.48. The second-order valence-corrected chi connectivity index (χ2v) is 6.34. The molecule has 138 valence electrons. The molecule has 2 N–H and O–H groups in total. The van der Waals surface area contributed by atoms with E-state index in [4.69, 9.17) is 4.74 Å². The van der Waals surface area contributed by atoms with Crippen LogP contribution in [0.5, 0.6) is 0 Å². The van der Waals surface area contributed by atoms with Crippen molar-refractivity contribution >= 4 is 11.8 Å². The van der Waals surface area contributed by atoms with Crippen LogP contribution in [0.4, 0.5) is 4.39 Å². The van der Waals surface area contributed by atoms with Crippen molar-refractivity contribution in [3.63, 3.8) is 0 Å². The lowest BCUT2D eigenvalue weighted by molar-refractivity contribution is -0.134. The molecule has 1 aliphatic heterocycles. The Balaban J connectivity index is 1.91. The molecule has 25 heavy (non-hydrogen) atoms. The third kappa shape index (κ3) is 6.10. The highest BCUT2D eigenvalue weighted by atomic mass is 19.1. The highest BCUT2D eigenvalue weighted by Crippen LogP contribution is 2.16. The predicted molar refractivity (Wildman–Crippen MR) is 92.3 cm³/mol. The van der Waals surface area contributed by atoms with Crippen LogP contribution in [0.15, 0.2) is 24.3 Å². The van der Waals surface area contributed by atoms with Gasteiger partial charge in [-0.3, -0.25) is 14.5 Å². The summed E-state index contributed by atoms with van der Waals surface area (Å²) in [5.74, 6) is -0.716. The van der Waals surface area contributed by atoms with Crippen LogP contribution >= 0.6 is 0 Å². The highest BCUT2D eigenvalue weighted by Gasteiger charge is 2.31.